The monoisotopic (exact) mass is 408 g/mol. The number of rotatable bonds is 4. The van der Waals surface area contributed by atoms with Gasteiger partial charge in [0.1, 0.15) is 17.1 Å². The summed E-state index contributed by atoms with van der Waals surface area (Å²) >= 11 is 0. The number of anilines is 1. The average molecular weight is 408 g/mol. The predicted octanol–water partition coefficient (Wildman–Crippen LogP) is 4.22. The zero-order valence-corrected chi connectivity index (χ0v) is 16.0. The van der Waals surface area contributed by atoms with E-state index in [1.807, 2.05) is 0 Å². The third kappa shape index (κ3) is 3.90. The molecule has 0 radical (unpaired) electrons. The van der Waals surface area contributed by atoms with Gasteiger partial charge in [0.25, 0.3) is 5.91 Å². The van der Waals surface area contributed by atoms with E-state index < -0.39 is 24.2 Å². The molecule has 1 aliphatic carbocycles. The Morgan fingerprint density at radius 1 is 1.31 bits per heavy atom. The number of carbonyl (C=O) groups is 1. The molecule has 2 atom stereocenters. The van der Waals surface area contributed by atoms with E-state index in [1.54, 1.807) is 24.3 Å². The molecule has 156 valence electrons. The summed E-state index contributed by atoms with van der Waals surface area (Å²) in [5, 5.41) is 9.94. The Morgan fingerprint density at radius 3 is 2.76 bits per heavy atom. The van der Waals surface area contributed by atoms with E-state index in [0.717, 1.165) is 30.4 Å². The number of carbonyl (C=O) groups excluding carboxylic acids is 1. The molecule has 1 fully saturated rings. The fraction of sp³-hybridized carbons (Fsp3) is 0.500. The van der Waals surface area contributed by atoms with Crippen LogP contribution in [0.15, 0.2) is 30.5 Å². The zero-order chi connectivity index (χ0) is 20.6. The largest absolute Gasteiger partial charge is 0.497 e. The number of methoxy groups -OCH3 is 1. The van der Waals surface area contributed by atoms with Gasteiger partial charge in [0.15, 0.2) is 6.04 Å². The van der Waals surface area contributed by atoms with Crippen molar-refractivity contribution in [3.05, 3.63) is 41.6 Å². The third-order valence-corrected chi connectivity index (χ3v) is 5.67. The number of nitrogens with zero attached hydrogens (tertiary/aromatic N) is 2. The lowest BCUT2D eigenvalue weighted by Gasteiger charge is -2.34. The number of halogens is 3. The van der Waals surface area contributed by atoms with Crippen molar-refractivity contribution in [3.8, 4) is 5.75 Å². The van der Waals surface area contributed by atoms with Crippen LogP contribution in [-0.4, -0.2) is 35.0 Å². The van der Waals surface area contributed by atoms with Crippen molar-refractivity contribution >= 4 is 11.7 Å². The van der Waals surface area contributed by atoms with Crippen molar-refractivity contribution in [3.63, 3.8) is 0 Å². The second kappa shape index (κ2) is 7.61. The Bertz CT molecular complexity index is 890. The third-order valence-electron chi connectivity index (χ3n) is 5.67. The first-order valence-corrected chi connectivity index (χ1v) is 9.72. The summed E-state index contributed by atoms with van der Waals surface area (Å²) in [4.78, 5) is 12.7. The second-order valence-corrected chi connectivity index (χ2v) is 7.57. The summed E-state index contributed by atoms with van der Waals surface area (Å²) in [6.07, 6.45) is 0.376. The van der Waals surface area contributed by atoms with Gasteiger partial charge >= 0.3 is 6.18 Å². The minimum atomic E-state index is -4.49. The molecule has 9 heteroatoms. The summed E-state index contributed by atoms with van der Waals surface area (Å²) in [5.74, 6) is 0.269. The van der Waals surface area contributed by atoms with Gasteiger partial charge in [-0.1, -0.05) is 25.0 Å². The highest BCUT2D eigenvalue weighted by Gasteiger charge is 2.47. The molecule has 2 aliphatic rings. The normalized spacial score (nSPS) is 22.1. The molecule has 2 aromatic rings. The molecule has 2 N–H and O–H groups in total. The minimum absolute atomic E-state index is 0.0641. The Balaban J connectivity index is 1.67. The average Bonchev–Trinajstić information content (AvgIpc) is 3.36. The molecule has 6 nitrogen and oxygen atoms in total. The van der Waals surface area contributed by atoms with Crippen LogP contribution in [0.1, 0.15) is 60.1 Å². The molecule has 0 saturated heterocycles. The zero-order valence-electron chi connectivity index (χ0n) is 16.0. The number of fused-ring (bicyclic) bond motifs is 1. The summed E-state index contributed by atoms with van der Waals surface area (Å²) in [6, 6.07) is 4.54. The van der Waals surface area contributed by atoms with E-state index in [4.69, 9.17) is 4.74 Å². The van der Waals surface area contributed by atoms with Crippen molar-refractivity contribution in [2.45, 2.75) is 56.4 Å². The molecule has 1 aliphatic heterocycles. The molecule has 2 unspecified atom stereocenters. The molecule has 1 saturated carbocycles. The van der Waals surface area contributed by atoms with Gasteiger partial charge in [0, 0.05) is 12.5 Å². The fourth-order valence-electron chi connectivity index (χ4n) is 4.14. The van der Waals surface area contributed by atoms with Crippen LogP contribution < -0.4 is 15.4 Å². The highest BCUT2D eigenvalue weighted by atomic mass is 19.4. The summed E-state index contributed by atoms with van der Waals surface area (Å²) < 4.78 is 47.4. The highest BCUT2D eigenvalue weighted by Crippen LogP contribution is 2.44. The van der Waals surface area contributed by atoms with Crippen LogP contribution >= 0.6 is 0 Å². The van der Waals surface area contributed by atoms with Crippen molar-refractivity contribution < 1.29 is 22.7 Å². The van der Waals surface area contributed by atoms with Gasteiger partial charge in [-0.2, -0.15) is 18.3 Å². The molecule has 0 spiro atoms. The maximum atomic E-state index is 13.8. The Morgan fingerprint density at radius 2 is 2.07 bits per heavy atom. The lowest BCUT2D eigenvalue weighted by atomic mass is 9.96. The number of hydrogen-bond donors (Lipinski definition) is 2. The molecule has 29 heavy (non-hydrogen) atoms. The predicted molar refractivity (Wildman–Crippen MR) is 101 cm³/mol. The highest BCUT2D eigenvalue weighted by molar-refractivity contribution is 5.99. The topological polar surface area (TPSA) is 68.2 Å². The summed E-state index contributed by atoms with van der Waals surface area (Å²) in [5.41, 5.74) is 0.798. The Labute approximate surface area is 166 Å². The SMILES string of the molecule is COc1cccc(C2CC(C(F)(F)F)n3ncc(C(=O)NC4CCCC4)c3N2)c1. The minimum Gasteiger partial charge on any atom is -0.497 e. The van der Waals surface area contributed by atoms with E-state index in [1.165, 1.54) is 13.3 Å². The van der Waals surface area contributed by atoms with Crippen molar-refractivity contribution in [2.75, 3.05) is 12.4 Å². The molecular weight excluding hydrogens is 385 g/mol. The fourth-order valence-corrected chi connectivity index (χ4v) is 4.14. The van der Waals surface area contributed by atoms with Gasteiger partial charge in [-0.3, -0.25) is 4.79 Å². The Kier molecular flexibility index (Phi) is 5.14. The van der Waals surface area contributed by atoms with Crippen molar-refractivity contribution in [1.82, 2.24) is 15.1 Å². The molecule has 2 heterocycles. The number of aromatic nitrogens is 2. The number of amides is 1. The van der Waals surface area contributed by atoms with E-state index in [-0.39, 0.29) is 23.8 Å². The number of ether oxygens (including phenoxy) is 1. The van der Waals surface area contributed by atoms with Gasteiger partial charge < -0.3 is 15.4 Å². The molecular formula is C20H23F3N4O2. The van der Waals surface area contributed by atoms with E-state index in [0.29, 0.717) is 11.3 Å². The van der Waals surface area contributed by atoms with E-state index >= 15 is 0 Å². The maximum absolute atomic E-state index is 13.8. The van der Waals surface area contributed by atoms with Crippen LogP contribution in [0, 0.1) is 0 Å². The number of benzene rings is 1. The van der Waals surface area contributed by atoms with Crippen LogP contribution in [-0.2, 0) is 0 Å². The van der Waals surface area contributed by atoms with Gasteiger partial charge in [0.2, 0.25) is 0 Å². The van der Waals surface area contributed by atoms with Crippen LogP contribution in [0.4, 0.5) is 19.0 Å². The smallest absolute Gasteiger partial charge is 0.410 e. The van der Waals surface area contributed by atoms with E-state index in [9.17, 15) is 18.0 Å². The molecule has 4 rings (SSSR count). The van der Waals surface area contributed by atoms with Gasteiger partial charge in [-0.25, -0.2) is 4.68 Å². The van der Waals surface area contributed by atoms with Gasteiger partial charge in [-0.15, -0.1) is 0 Å². The lowest BCUT2D eigenvalue weighted by molar-refractivity contribution is -0.173. The first kappa shape index (κ1) is 19.6. The molecule has 0 bridgehead atoms. The van der Waals surface area contributed by atoms with Crippen LogP contribution in [0.25, 0.3) is 0 Å². The maximum Gasteiger partial charge on any atom is 0.410 e. The van der Waals surface area contributed by atoms with E-state index in [2.05, 4.69) is 15.7 Å². The molecule has 1 aromatic carbocycles. The summed E-state index contributed by atoms with van der Waals surface area (Å²) in [7, 11) is 1.51. The van der Waals surface area contributed by atoms with Crippen LogP contribution in [0.5, 0.6) is 5.75 Å². The van der Waals surface area contributed by atoms with Gasteiger partial charge in [0.05, 0.1) is 19.3 Å². The first-order valence-electron chi connectivity index (χ1n) is 9.72. The van der Waals surface area contributed by atoms with Gasteiger partial charge in [-0.05, 0) is 30.5 Å². The number of alkyl halides is 3. The molecule has 1 aromatic heterocycles. The summed E-state index contributed by atoms with van der Waals surface area (Å²) in [6.45, 7) is 0. The lowest BCUT2D eigenvalue weighted by Crippen LogP contribution is -2.37. The first-order chi connectivity index (χ1) is 13.9. The molecule has 1 amide bonds. The standard InChI is InChI=1S/C20H23F3N4O2/c1-29-14-8-4-5-12(9-14)16-10-17(20(21,22)23)27-18(26-16)15(11-24-27)19(28)25-13-6-2-3-7-13/h4-5,8-9,11,13,16-17,26H,2-3,6-7,10H2,1H3,(H,25,28). The quantitative estimate of drug-likeness (QED) is 0.795. The van der Waals surface area contributed by atoms with Crippen molar-refractivity contribution in [2.24, 2.45) is 0 Å². The van der Waals surface area contributed by atoms with Crippen molar-refractivity contribution in [1.29, 1.82) is 0 Å². The second-order valence-electron chi connectivity index (χ2n) is 7.57. The Hall–Kier alpha value is -2.71. The van der Waals surface area contributed by atoms with Crippen LogP contribution in [0.3, 0.4) is 0 Å². The number of nitrogens with one attached hydrogen (secondary N) is 2. The number of hydrogen-bond acceptors (Lipinski definition) is 4. The van der Waals surface area contributed by atoms with Crippen LogP contribution in [0.2, 0.25) is 0 Å².